The molecule has 3 aromatic rings. The molecule has 0 N–H and O–H groups in total. The predicted octanol–water partition coefficient (Wildman–Crippen LogP) is 4.03. The Labute approximate surface area is 151 Å². The van der Waals surface area contributed by atoms with Gasteiger partial charge in [-0.25, -0.2) is 4.79 Å². The highest BCUT2D eigenvalue weighted by atomic mass is 16.5. The van der Waals surface area contributed by atoms with Crippen LogP contribution in [0.15, 0.2) is 54.6 Å². The lowest BCUT2D eigenvalue weighted by Crippen LogP contribution is -2.11. The van der Waals surface area contributed by atoms with Gasteiger partial charge in [-0.2, -0.15) is 0 Å². The molecule has 0 atom stereocenters. The van der Waals surface area contributed by atoms with Gasteiger partial charge in [0.25, 0.3) is 0 Å². The Morgan fingerprint density at radius 1 is 0.962 bits per heavy atom. The zero-order valence-electron chi connectivity index (χ0n) is 14.5. The number of hydrogen-bond acceptors (Lipinski definition) is 5. The Morgan fingerprint density at radius 3 is 2.46 bits per heavy atom. The van der Waals surface area contributed by atoms with Crippen molar-refractivity contribution in [1.29, 1.82) is 0 Å². The molecule has 0 aliphatic carbocycles. The van der Waals surface area contributed by atoms with Crippen LogP contribution in [0.5, 0.6) is 11.5 Å². The average molecular weight is 350 g/mol. The van der Waals surface area contributed by atoms with Crippen LogP contribution in [0.1, 0.15) is 26.3 Å². The van der Waals surface area contributed by atoms with Gasteiger partial charge in [0.05, 0.1) is 14.2 Å². The van der Waals surface area contributed by atoms with Crippen molar-refractivity contribution in [1.82, 2.24) is 0 Å². The van der Waals surface area contributed by atoms with Crippen LogP contribution in [0.2, 0.25) is 0 Å². The summed E-state index contributed by atoms with van der Waals surface area (Å²) in [6, 6.07) is 16.7. The van der Waals surface area contributed by atoms with Crippen LogP contribution in [-0.2, 0) is 11.3 Å². The minimum Gasteiger partial charge on any atom is -0.493 e. The molecule has 5 nitrogen and oxygen atoms in total. The monoisotopic (exact) mass is 350 g/mol. The lowest BCUT2D eigenvalue weighted by atomic mass is 10.0. The van der Waals surface area contributed by atoms with Gasteiger partial charge in [-0.3, -0.25) is 4.79 Å². The molecule has 0 unspecified atom stereocenters. The smallest absolute Gasteiger partial charge is 0.343 e. The van der Waals surface area contributed by atoms with Gasteiger partial charge in [0.1, 0.15) is 12.2 Å². The highest BCUT2D eigenvalue weighted by molar-refractivity contribution is 6.01. The number of aldehydes is 1. The second-order valence-corrected chi connectivity index (χ2v) is 5.60. The molecule has 0 saturated heterocycles. The summed E-state index contributed by atoms with van der Waals surface area (Å²) in [7, 11) is 2.87. The van der Waals surface area contributed by atoms with E-state index in [1.165, 1.54) is 20.3 Å². The van der Waals surface area contributed by atoms with Crippen LogP contribution in [-0.4, -0.2) is 26.5 Å². The standard InChI is InChI=1S/C21H18O5/c1-24-18-11-10-15(12-22)19(20(18)25-2)21(23)26-13-16-8-5-7-14-6-3-4-9-17(14)16/h3-12H,13H2,1-2H3. The van der Waals surface area contributed by atoms with Crippen molar-refractivity contribution in [2.24, 2.45) is 0 Å². The van der Waals surface area contributed by atoms with E-state index in [1.807, 2.05) is 42.5 Å². The first kappa shape index (κ1) is 17.5. The van der Waals surface area contributed by atoms with E-state index in [-0.39, 0.29) is 23.5 Å². The summed E-state index contributed by atoms with van der Waals surface area (Å²) in [5, 5.41) is 2.07. The molecular formula is C21H18O5. The second-order valence-electron chi connectivity index (χ2n) is 5.60. The van der Waals surface area contributed by atoms with E-state index in [2.05, 4.69) is 0 Å². The first-order valence-corrected chi connectivity index (χ1v) is 8.03. The first-order chi connectivity index (χ1) is 12.7. The Balaban J connectivity index is 1.92. The van der Waals surface area contributed by atoms with Crippen LogP contribution in [0, 0.1) is 0 Å². The third-order valence-corrected chi connectivity index (χ3v) is 4.15. The van der Waals surface area contributed by atoms with Gasteiger partial charge < -0.3 is 14.2 Å². The molecular weight excluding hydrogens is 332 g/mol. The van der Waals surface area contributed by atoms with Crippen LogP contribution < -0.4 is 9.47 Å². The van der Waals surface area contributed by atoms with E-state index in [0.717, 1.165) is 16.3 Å². The molecule has 3 aromatic carbocycles. The Hall–Kier alpha value is -3.34. The number of esters is 1. The summed E-state index contributed by atoms with van der Waals surface area (Å²) >= 11 is 0. The molecule has 0 spiro atoms. The molecule has 0 aliphatic heterocycles. The molecule has 0 aliphatic rings. The number of methoxy groups -OCH3 is 2. The third kappa shape index (κ3) is 3.24. The first-order valence-electron chi connectivity index (χ1n) is 8.03. The van der Waals surface area contributed by atoms with Gasteiger partial charge in [-0.15, -0.1) is 0 Å². The van der Waals surface area contributed by atoms with E-state index in [0.29, 0.717) is 12.0 Å². The molecule has 0 saturated carbocycles. The van der Waals surface area contributed by atoms with Crippen molar-refractivity contribution in [2.45, 2.75) is 6.61 Å². The summed E-state index contributed by atoms with van der Waals surface area (Å²) in [5.41, 5.74) is 1.12. The highest BCUT2D eigenvalue weighted by Crippen LogP contribution is 2.33. The van der Waals surface area contributed by atoms with E-state index in [4.69, 9.17) is 14.2 Å². The average Bonchev–Trinajstić information content (AvgIpc) is 2.70. The number of carbonyl (C=O) groups is 2. The molecule has 5 heteroatoms. The molecule has 0 amide bonds. The number of rotatable bonds is 6. The fraction of sp³-hybridized carbons (Fsp3) is 0.143. The zero-order valence-corrected chi connectivity index (χ0v) is 14.5. The maximum Gasteiger partial charge on any atom is 0.343 e. The second kappa shape index (κ2) is 7.70. The summed E-state index contributed by atoms with van der Waals surface area (Å²) < 4.78 is 15.9. The molecule has 3 rings (SSSR count). The molecule has 26 heavy (non-hydrogen) atoms. The lowest BCUT2D eigenvalue weighted by molar-refractivity contribution is 0.0468. The van der Waals surface area contributed by atoms with Gasteiger partial charge in [0.2, 0.25) is 0 Å². The number of ether oxygens (including phenoxy) is 3. The van der Waals surface area contributed by atoms with Crippen LogP contribution >= 0.6 is 0 Å². The number of hydrogen-bond donors (Lipinski definition) is 0. The number of benzene rings is 3. The van der Waals surface area contributed by atoms with Gasteiger partial charge in [-0.1, -0.05) is 42.5 Å². The molecule has 0 aromatic heterocycles. The summed E-state index contributed by atoms with van der Waals surface area (Å²) in [4.78, 5) is 24.0. The van der Waals surface area contributed by atoms with E-state index < -0.39 is 5.97 Å². The van der Waals surface area contributed by atoms with Gasteiger partial charge in [0, 0.05) is 5.56 Å². The normalized spacial score (nSPS) is 10.4. The quantitative estimate of drug-likeness (QED) is 0.496. The highest BCUT2D eigenvalue weighted by Gasteiger charge is 2.22. The topological polar surface area (TPSA) is 61.8 Å². The zero-order chi connectivity index (χ0) is 18.5. The summed E-state index contributed by atoms with van der Waals surface area (Å²) in [5.74, 6) is -0.106. The Morgan fingerprint density at radius 2 is 1.73 bits per heavy atom. The summed E-state index contributed by atoms with van der Waals surface area (Å²) in [6.45, 7) is 0.0822. The Bertz CT molecular complexity index is 957. The molecule has 0 bridgehead atoms. The Kier molecular flexibility index (Phi) is 5.17. The lowest BCUT2D eigenvalue weighted by Gasteiger charge is -2.14. The third-order valence-electron chi connectivity index (χ3n) is 4.15. The van der Waals surface area contributed by atoms with Crippen molar-refractivity contribution in [2.75, 3.05) is 14.2 Å². The minimum atomic E-state index is -0.643. The van der Waals surface area contributed by atoms with Crippen molar-refractivity contribution in [3.05, 3.63) is 71.3 Å². The maximum atomic E-state index is 12.7. The minimum absolute atomic E-state index is 0.0575. The van der Waals surface area contributed by atoms with E-state index >= 15 is 0 Å². The van der Waals surface area contributed by atoms with Crippen molar-refractivity contribution < 1.29 is 23.8 Å². The largest absolute Gasteiger partial charge is 0.493 e. The molecule has 0 heterocycles. The SMILES string of the molecule is COc1ccc(C=O)c(C(=O)OCc2cccc3ccccc23)c1OC. The number of fused-ring (bicyclic) bond motifs is 1. The number of carbonyl (C=O) groups excluding carboxylic acids is 2. The predicted molar refractivity (Wildman–Crippen MR) is 98.0 cm³/mol. The molecule has 0 fully saturated rings. The molecule has 132 valence electrons. The van der Waals surface area contributed by atoms with E-state index in [1.54, 1.807) is 6.07 Å². The van der Waals surface area contributed by atoms with Crippen LogP contribution in [0.3, 0.4) is 0 Å². The van der Waals surface area contributed by atoms with Crippen LogP contribution in [0.25, 0.3) is 10.8 Å². The maximum absolute atomic E-state index is 12.7. The van der Waals surface area contributed by atoms with Gasteiger partial charge in [-0.05, 0) is 28.5 Å². The van der Waals surface area contributed by atoms with Gasteiger partial charge >= 0.3 is 5.97 Å². The fourth-order valence-electron chi connectivity index (χ4n) is 2.88. The van der Waals surface area contributed by atoms with E-state index in [9.17, 15) is 9.59 Å². The van der Waals surface area contributed by atoms with Crippen molar-refractivity contribution >= 4 is 23.0 Å². The fourth-order valence-corrected chi connectivity index (χ4v) is 2.88. The van der Waals surface area contributed by atoms with Crippen molar-refractivity contribution in [3.63, 3.8) is 0 Å². The van der Waals surface area contributed by atoms with Gasteiger partial charge in [0.15, 0.2) is 17.8 Å². The van der Waals surface area contributed by atoms with Crippen LogP contribution in [0.4, 0.5) is 0 Å². The van der Waals surface area contributed by atoms with Crippen molar-refractivity contribution in [3.8, 4) is 11.5 Å². The molecule has 0 radical (unpaired) electrons. The summed E-state index contributed by atoms with van der Waals surface area (Å²) in [6.07, 6.45) is 0.594.